The Balaban J connectivity index is 2.14. The molecule has 1 spiro atoms. The molecule has 0 N–H and O–H groups in total. The third-order valence-electron chi connectivity index (χ3n) is 2.01. The van der Waals surface area contributed by atoms with E-state index in [4.69, 9.17) is 9.47 Å². The summed E-state index contributed by atoms with van der Waals surface area (Å²) in [6.07, 6.45) is 9.69. The van der Waals surface area contributed by atoms with Crippen LogP contribution in [0.2, 0.25) is 0 Å². The third kappa shape index (κ3) is 0.523. The molecule has 3 aliphatic rings. The van der Waals surface area contributed by atoms with Crippen molar-refractivity contribution in [3.63, 3.8) is 0 Å². The van der Waals surface area contributed by atoms with E-state index in [-0.39, 0.29) is 0 Å². The second kappa shape index (κ2) is 1.51. The van der Waals surface area contributed by atoms with Crippen molar-refractivity contribution in [2.75, 3.05) is 6.61 Å². The Morgan fingerprint density at radius 2 is 2.45 bits per heavy atom. The highest BCUT2D eigenvalue weighted by molar-refractivity contribution is 5.24. The molecule has 1 unspecified atom stereocenters. The highest BCUT2D eigenvalue weighted by atomic mass is 16.8. The average Bonchev–Trinajstić information content (AvgIpc) is 2.57. The standard InChI is InChI=1S/C8H7NO2/c1-2-4-9-5-7-6-10-8(9,3-1)11-7/h1-5H,6H2. The van der Waals surface area contributed by atoms with Gasteiger partial charge in [-0.1, -0.05) is 6.08 Å². The fourth-order valence-electron chi connectivity index (χ4n) is 1.49. The van der Waals surface area contributed by atoms with Gasteiger partial charge in [0, 0.05) is 12.3 Å². The number of rotatable bonds is 0. The van der Waals surface area contributed by atoms with Gasteiger partial charge in [0.25, 0.3) is 0 Å². The van der Waals surface area contributed by atoms with Crippen LogP contribution in [0.4, 0.5) is 0 Å². The van der Waals surface area contributed by atoms with Crippen LogP contribution >= 0.6 is 0 Å². The van der Waals surface area contributed by atoms with E-state index in [1.54, 1.807) is 0 Å². The molecule has 0 aromatic heterocycles. The Kier molecular flexibility index (Phi) is 0.744. The minimum Gasteiger partial charge on any atom is -0.441 e. The van der Waals surface area contributed by atoms with E-state index in [9.17, 15) is 0 Å². The van der Waals surface area contributed by atoms with Gasteiger partial charge >= 0.3 is 5.91 Å². The molecule has 3 aliphatic heterocycles. The molecule has 0 radical (unpaired) electrons. The van der Waals surface area contributed by atoms with Gasteiger partial charge < -0.3 is 9.47 Å². The number of nitrogens with zero attached hydrogens (tertiary/aromatic N) is 1. The Labute approximate surface area is 64.2 Å². The first kappa shape index (κ1) is 5.43. The summed E-state index contributed by atoms with van der Waals surface area (Å²) in [6, 6.07) is 0. The molecule has 0 aromatic carbocycles. The van der Waals surface area contributed by atoms with Gasteiger partial charge in [0.1, 0.15) is 12.4 Å². The Hall–Kier alpha value is -1.22. The van der Waals surface area contributed by atoms with Gasteiger partial charge in [0.15, 0.2) is 0 Å². The molecule has 56 valence electrons. The van der Waals surface area contributed by atoms with Crippen molar-refractivity contribution < 1.29 is 9.47 Å². The van der Waals surface area contributed by atoms with E-state index in [1.807, 2.05) is 35.5 Å². The fourth-order valence-corrected chi connectivity index (χ4v) is 1.49. The molecule has 3 heteroatoms. The van der Waals surface area contributed by atoms with Crippen molar-refractivity contribution >= 4 is 0 Å². The van der Waals surface area contributed by atoms with Gasteiger partial charge in [-0.3, -0.25) is 4.90 Å². The number of hydrogen-bond donors (Lipinski definition) is 0. The molecule has 0 aliphatic carbocycles. The summed E-state index contributed by atoms with van der Waals surface area (Å²) in [5.74, 6) is 0.283. The van der Waals surface area contributed by atoms with Gasteiger partial charge in [-0.2, -0.15) is 0 Å². The first-order valence-electron chi connectivity index (χ1n) is 3.57. The molecule has 0 saturated carbocycles. The monoisotopic (exact) mass is 149 g/mol. The van der Waals surface area contributed by atoms with Gasteiger partial charge in [-0.05, 0) is 6.08 Å². The summed E-state index contributed by atoms with van der Waals surface area (Å²) in [4.78, 5) is 1.92. The van der Waals surface area contributed by atoms with E-state index in [2.05, 4.69) is 0 Å². The maximum absolute atomic E-state index is 5.49. The first-order valence-corrected chi connectivity index (χ1v) is 3.57. The fraction of sp³-hybridized carbons (Fsp3) is 0.250. The van der Waals surface area contributed by atoms with Crippen molar-refractivity contribution in [2.24, 2.45) is 0 Å². The van der Waals surface area contributed by atoms with Crippen LogP contribution in [0.5, 0.6) is 0 Å². The summed E-state index contributed by atoms with van der Waals surface area (Å²) in [5, 5.41) is 0. The van der Waals surface area contributed by atoms with Crippen LogP contribution < -0.4 is 0 Å². The van der Waals surface area contributed by atoms with Gasteiger partial charge in [0.2, 0.25) is 0 Å². The number of hydrogen-bond acceptors (Lipinski definition) is 3. The van der Waals surface area contributed by atoms with E-state index < -0.39 is 5.91 Å². The number of allylic oxidation sites excluding steroid dienone is 2. The highest BCUT2D eigenvalue weighted by Crippen LogP contribution is 2.39. The zero-order valence-corrected chi connectivity index (χ0v) is 5.86. The topological polar surface area (TPSA) is 21.7 Å². The zero-order chi connectivity index (χ0) is 7.31. The second-order valence-corrected chi connectivity index (χ2v) is 2.72. The van der Waals surface area contributed by atoms with E-state index in [0.29, 0.717) is 6.61 Å². The molecule has 11 heavy (non-hydrogen) atoms. The quantitative estimate of drug-likeness (QED) is 0.511. The average molecular weight is 149 g/mol. The normalized spacial score (nSPS) is 37.1. The van der Waals surface area contributed by atoms with Gasteiger partial charge in [-0.25, -0.2) is 0 Å². The maximum Gasteiger partial charge on any atom is 0.320 e. The smallest absolute Gasteiger partial charge is 0.320 e. The zero-order valence-electron chi connectivity index (χ0n) is 5.86. The first-order chi connectivity index (χ1) is 5.39. The van der Waals surface area contributed by atoms with Crippen LogP contribution in [0.25, 0.3) is 0 Å². The van der Waals surface area contributed by atoms with Crippen LogP contribution in [0, 0.1) is 0 Å². The van der Waals surface area contributed by atoms with Crippen molar-refractivity contribution in [1.82, 2.24) is 4.90 Å². The number of fused-ring (bicyclic) bond motifs is 1. The lowest BCUT2D eigenvalue weighted by atomic mass is 10.3. The van der Waals surface area contributed by atoms with Crippen LogP contribution in [-0.2, 0) is 9.47 Å². The minimum absolute atomic E-state index is 0.592. The van der Waals surface area contributed by atoms with Crippen LogP contribution in [0.1, 0.15) is 0 Å². The molecule has 1 saturated heterocycles. The SMILES string of the molecule is C1=CN2C=C3COC2(C=C1)O3. The van der Waals surface area contributed by atoms with E-state index in [0.717, 1.165) is 5.76 Å². The Bertz CT molecular complexity index is 292. The second-order valence-electron chi connectivity index (χ2n) is 2.72. The van der Waals surface area contributed by atoms with Crippen LogP contribution in [0.3, 0.4) is 0 Å². The van der Waals surface area contributed by atoms with Crippen molar-refractivity contribution in [2.45, 2.75) is 5.91 Å². The molecule has 0 aromatic rings. The van der Waals surface area contributed by atoms with Gasteiger partial charge in [-0.15, -0.1) is 0 Å². The Morgan fingerprint density at radius 1 is 1.45 bits per heavy atom. The predicted molar refractivity (Wildman–Crippen MR) is 38.0 cm³/mol. The van der Waals surface area contributed by atoms with Crippen LogP contribution in [-0.4, -0.2) is 17.4 Å². The molecule has 3 heterocycles. The lowest BCUT2D eigenvalue weighted by Gasteiger charge is -2.30. The van der Waals surface area contributed by atoms with Crippen LogP contribution in [0.15, 0.2) is 36.4 Å². The largest absolute Gasteiger partial charge is 0.441 e. The summed E-state index contributed by atoms with van der Waals surface area (Å²) in [5.41, 5.74) is 0. The Morgan fingerprint density at radius 3 is 3.27 bits per heavy atom. The predicted octanol–water partition coefficient (Wildman–Crippen LogP) is 0.927. The molecule has 0 amide bonds. The highest BCUT2D eigenvalue weighted by Gasteiger charge is 2.47. The summed E-state index contributed by atoms with van der Waals surface area (Å²) >= 11 is 0. The summed E-state index contributed by atoms with van der Waals surface area (Å²) < 4.78 is 10.9. The molecule has 1 fully saturated rings. The molecular weight excluding hydrogens is 142 g/mol. The van der Waals surface area contributed by atoms with Crippen molar-refractivity contribution in [3.05, 3.63) is 36.4 Å². The minimum atomic E-state index is -0.621. The van der Waals surface area contributed by atoms with Crippen molar-refractivity contribution in [1.29, 1.82) is 0 Å². The molecule has 3 nitrogen and oxygen atoms in total. The summed E-state index contributed by atoms with van der Waals surface area (Å²) in [7, 11) is 0. The molecular formula is C8H7NO2. The van der Waals surface area contributed by atoms with E-state index in [1.165, 1.54) is 0 Å². The number of ether oxygens (including phenoxy) is 2. The summed E-state index contributed by atoms with van der Waals surface area (Å²) in [6.45, 7) is 0.592. The maximum atomic E-state index is 5.49. The third-order valence-corrected chi connectivity index (χ3v) is 2.01. The molecule has 3 rings (SSSR count). The lowest BCUT2D eigenvalue weighted by molar-refractivity contribution is -0.170. The molecule has 1 atom stereocenters. The van der Waals surface area contributed by atoms with Gasteiger partial charge in [0.05, 0.1) is 6.20 Å². The molecule has 2 bridgehead atoms. The van der Waals surface area contributed by atoms with Crippen molar-refractivity contribution in [3.8, 4) is 0 Å². The van der Waals surface area contributed by atoms with E-state index >= 15 is 0 Å². The lowest BCUT2D eigenvalue weighted by Crippen LogP contribution is -2.41.